The van der Waals surface area contributed by atoms with Gasteiger partial charge < -0.3 is 5.32 Å². The minimum Gasteiger partial charge on any atom is -0.322 e. The lowest BCUT2D eigenvalue weighted by Gasteiger charge is -2.04. The van der Waals surface area contributed by atoms with Crippen LogP contribution >= 0.6 is 11.9 Å². The molecule has 4 heteroatoms. The average molecular weight is 208 g/mol. The highest BCUT2D eigenvalue weighted by molar-refractivity contribution is 7.97. The van der Waals surface area contributed by atoms with Crippen LogP contribution in [-0.2, 0) is 4.79 Å². The fraction of sp³-hybridized carbons (Fsp3) is 0.100. The van der Waals surface area contributed by atoms with E-state index < -0.39 is 0 Å². The zero-order valence-electron chi connectivity index (χ0n) is 7.91. The van der Waals surface area contributed by atoms with E-state index in [1.165, 1.54) is 11.9 Å². The molecule has 0 saturated heterocycles. The third-order valence-corrected chi connectivity index (χ3v) is 2.18. The summed E-state index contributed by atoms with van der Waals surface area (Å²) < 4.78 is 0. The van der Waals surface area contributed by atoms with Crippen LogP contribution in [0.1, 0.15) is 6.92 Å². The first kappa shape index (κ1) is 10.8. The number of rotatable bonds is 3. The molecular weight excluding hydrogens is 196 g/mol. The number of anilines is 1. The van der Waals surface area contributed by atoms with E-state index in [0.717, 1.165) is 10.6 Å². The van der Waals surface area contributed by atoms with Crippen molar-refractivity contribution in [3.8, 4) is 0 Å². The second-order valence-electron chi connectivity index (χ2n) is 2.88. The second kappa shape index (κ2) is 4.83. The molecule has 0 unspecified atom stereocenters. The van der Waals surface area contributed by atoms with Crippen molar-refractivity contribution in [2.45, 2.75) is 11.8 Å². The predicted molar refractivity (Wildman–Crippen MR) is 59.9 cm³/mol. The summed E-state index contributed by atoms with van der Waals surface area (Å²) in [4.78, 5) is 12.2. The number of hydrogen-bond acceptors (Lipinski definition) is 3. The molecule has 0 aromatic heterocycles. The molecule has 0 bridgehead atoms. The van der Waals surface area contributed by atoms with E-state index in [1.54, 1.807) is 19.1 Å². The molecule has 0 radical (unpaired) electrons. The predicted octanol–water partition coefficient (Wildman–Crippen LogP) is 2.17. The molecule has 3 nitrogen and oxygen atoms in total. The van der Waals surface area contributed by atoms with Gasteiger partial charge in [-0.3, -0.25) is 9.93 Å². The van der Waals surface area contributed by atoms with Crippen LogP contribution in [0.25, 0.3) is 0 Å². The van der Waals surface area contributed by atoms with E-state index in [0.29, 0.717) is 5.57 Å². The Kier molecular flexibility index (Phi) is 3.73. The van der Waals surface area contributed by atoms with Crippen LogP contribution in [0, 0.1) is 0 Å². The molecule has 1 aromatic carbocycles. The van der Waals surface area contributed by atoms with Crippen LogP contribution in [0.3, 0.4) is 0 Å². The molecule has 0 saturated carbocycles. The van der Waals surface area contributed by atoms with E-state index in [9.17, 15) is 4.79 Å². The standard InChI is InChI=1S/C10H12N2OS/c1-7(2)10(13)12-8-3-5-9(14-11)6-4-8/h3-6H,1,11H2,2H3,(H,12,13). The monoisotopic (exact) mass is 208 g/mol. The van der Waals surface area contributed by atoms with Crippen LogP contribution in [0.15, 0.2) is 41.3 Å². The van der Waals surface area contributed by atoms with Crippen LogP contribution in [0.5, 0.6) is 0 Å². The van der Waals surface area contributed by atoms with E-state index in [1.807, 2.05) is 12.1 Å². The van der Waals surface area contributed by atoms with Crippen molar-refractivity contribution in [2.75, 3.05) is 5.32 Å². The summed E-state index contributed by atoms with van der Waals surface area (Å²) >= 11 is 1.17. The fourth-order valence-electron chi connectivity index (χ4n) is 0.855. The van der Waals surface area contributed by atoms with Gasteiger partial charge in [0.1, 0.15) is 0 Å². The highest BCUT2D eigenvalue weighted by Gasteiger charge is 2.01. The first-order valence-corrected chi connectivity index (χ1v) is 4.95. The molecule has 74 valence electrons. The van der Waals surface area contributed by atoms with Gasteiger partial charge in [-0.15, -0.1) is 0 Å². The number of nitrogens with one attached hydrogen (secondary N) is 1. The van der Waals surface area contributed by atoms with E-state index in [2.05, 4.69) is 11.9 Å². The number of benzene rings is 1. The Morgan fingerprint density at radius 1 is 1.43 bits per heavy atom. The SMILES string of the molecule is C=C(C)C(=O)Nc1ccc(SN)cc1. The summed E-state index contributed by atoms with van der Waals surface area (Å²) in [5.74, 6) is -0.168. The molecule has 3 N–H and O–H groups in total. The summed E-state index contributed by atoms with van der Waals surface area (Å²) in [5.41, 5.74) is 1.23. The van der Waals surface area contributed by atoms with E-state index in [-0.39, 0.29) is 5.91 Å². The highest BCUT2D eigenvalue weighted by Crippen LogP contribution is 2.15. The summed E-state index contributed by atoms with van der Waals surface area (Å²) in [6.45, 7) is 5.21. The minimum atomic E-state index is -0.168. The van der Waals surface area contributed by atoms with Gasteiger partial charge in [0.05, 0.1) is 0 Å². The van der Waals surface area contributed by atoms with Gasteiger partial charge in [0.25, 0.3) is 5.91 Å². The van der Waals surface area contributed by atoms with Crippen molar-refractivity contribution in [2.24, 2.45) is 5.14 Å². The van der Waals surface area contributed by atoms with Crippen LogP contribution in [-0.4, -0.2) is 5.91 Å². The smallest absolute Gasteiger partial charge is 0.250 e. The molecule has 0 aliphatic heterocycles. The Balaban J connectivity index is 2.69. The summed E-state index contributed by atoms with van der Waals surface area (Å²) in [7, 11) is 0. The average Bonchev–Trinajstić information content (AvgIpc) is 2.19. The zero-order valence-corrected chi connectivity index (χ0v) is 8.73. The van der Waals surface area contributed by atoms with Crippen molar-refractivity contribution in [1.82, 2.24) is 0 Å². The van der Waals surface area contributed by atoms with Crippen molar-refractivity contribution >= 4 is 23.5 Å². The molecule has 0 heterocycles. The van der Waals surface area contributed by atoms with E-state index >= 15 is 0 Å². The number of amides is 1. The molecule has 0 aliphatic rings. The molecule has 0 spiro atoms. The van der Waals surface area contributed by atoms with Gasteiger partial charge in [-0.1, -0.05) is 6.58 Å². The molecule has 14 heavy (non-hydrogen) atoms. The molecule has 1 rings (SSSR count). The Labute approximate surface area is 87.5 Å². The van der Waals surface area contributed by atoms with Crippen LogP contribution in [0.4, 0.5) is 5.69 Å². The summed E-state index contributed by atoms with van der Waals surface area (Å²) in [6, 6.07) is 7.30. The first-order chi connectivity index (χ1) is 6.63. The third-order valence-electron chi connectivity index (χ3n) is 1.64. The zero-order chi connectivity index (χ0) is 10.6. The minimum absolute atomic E-state index is 0.168. The maximum absolute atomic E-state index is 11.2. The summed E-state index contributed by atoms with van der Waals surface area (Å²) in [6.07, 6.45) is 0. The largest absolute Gasteiger partial charge is 0.322 e. The van der Waals surface area contributed by atoms with Crippen LogP contribution in [0.2, 0.25) is 0 Å². The molecule has 0 aliphatic carbocycles. The number of nitrogens with two attached hydrogens (primary N) is 1. The van der Waals surface area contributed by atoms with Gasteiger partial charge in [-0.05, 0) is 43.1 Å². The topological polar surface area (TPSA) is 55.1 Å². The van der Waals surface area contributed by atoms with Gasteiger partial charge in [0, 0.05) is 16.2 Å². The van der Waals surface area contributed by atoms with Gasteiger partial charge in [-0.2, -0.15) is 0 Å². The fourth-order valence-corrected chi connectivity index (χ4v) is 1.15. The van der Waals surface area contributed by atoms with Gasteiger partial charge in [-0.25, -0.2) is 0 Å². The van der Waals surface area contributed by atoms with Gasteiger partial charge in [0.2, 0.25) is 0 Å². The normalized spacial score (nSPS) is 9.57. The Bertz CT molecular complexity index is 346. The number of carbonyl (C=O) groups is 1. The van der Waals surface area contributed by atoms with Crippen molar-refractivity contribution < 1.29 is 4.79 Å². The number of hydrogen-bond donors (Lipinski definition) is 2. The Morgan fingerprint density at radius 2 is 2.00 bits per heavy atom. The van der Waals surface area contributed by atoms with Gasteiger partial charge >= 0.3 is 0 Å². The first-order valence-electron chi connectivity index (χ1n) is 4.07. The molecule has 1 amide bonds. The Hall–Kier alpha value is -1.26. The molecule has 0 atom stereocenters. The third kappa shape index (κ3) is 2.90. The maximum Gasteiger partial charge on any atom is 0.250 e. The lowest BCUT2D eigenvalue weighted by atomic mass is 10.3. The van der Waals surface area contributed by atoms with E-state index in [4.69, 9.17) is 5.14 Å². The lowest BCUT2D eigenvalue weighted by molar-refractivity contribution is -0.112. The quantitative estimate of drug-likeness (QED) is 0.591. The number of carbonyl (C=O) groups excluding carboxylic acids is 1. The molecule has 0 fully saturated rings. The highest BCUT2D eigenvalue weighted by atomic mass is 32.2. The van der Waals surface area contributed by atoms with Crippen molar-refractivity contribution in [1.29, 1.82) is 0 Å². The lowest BCUT2D eigenvalue weighted by Crippen LogP contribution is -2.11. The maximum atomic E-state index is 11.2. The van der Waals surface area contributed by atoms with Gasteiger partial charge in [0.15, 0.2) is 0 Å². The molecular formula is C10H12N2OS. The molecule has 1 aromatic rings. The van der Waals surface area contributed by atoms with Crippen LogP contribution < -0.4 is 10.5 Å². The Morgan fingerprint density at radius 3 is 2.43 bits per heavy atom. The second-order valence-corrected chi connectivity index (χ2v) is 3.58. The van der Waals surface area contributed by atoms with Crippen molar-refractivity contribution in [3.63, 3.8) is 0 Å². The van der Waals surface area contributed by atoms with Crippen molar-refractivity contribution in [3.05, 3.63) is 36.4 Å². The summed E-state index contributed by atoms with van der Waals surface area (Å²) in [5, 5.41) is 8.07.